The molecule has 2 amide bonds. The standard InChI is InChI=1S/C26H24ClN3O8S/c1-37-15-38-19-4-2-3-17(11-19)14-29-24(31)18-7-10-21(22(27)13-18)25(32)30-23(26(33)34)12-16-5-8-20(9-6-16)39(28,35)36/h2-13H,14-15H2,1H3,(H,29,31)(H,30,32)(H,33,34)(H2,28,35,36). The number of benzene rings is 3. The van der Waals surface area contributed by atoms with Gasteiger partial charge in [0.1, 0.15) is 11.4 Å². The van der Waals surface area contributed by atoms with Gasteiger partial charge in [0, 0.05) is 19.2 Å². The summed E-state index contributed by atoms with van der Waals surface area (Å²) in [5.74, 6) is -2.13. The molecule has 0 unspecified atom stereocenters. The SMILES string of the molecule is COCOc1cccc(CNC(=O)c2ccc(C(=O)NC(=Cc3ccc(S(N)(=O)=O)cc3)C(=O)O)c(Cl)c2)c1. The average molecular weight is 574 g/mol. The lowest BCUT2D eigenvalue weighted by Gasteiger charge is -2.11. The Morgan fingerprint density at radius 3 is 2.36 bits per heavy atom. The fourth-order valence-corrected chi connectivity index (χ4v) is 4.04. The Hall–Kier alpha value is -4.23. The van der Waals surface area contributed by atoms with Gasteiger partial charge in [0.2, 0.25) is 10.0 Å². The number of sulfonamides is 1. The van der Waals surface area contributed by atoms with E-state index in [4.69, 9.17) is 26.2 Å². The van der Waals surface area contributed by atoms with E-state index >= 15 is 0 Å². The maximum absolute atomic E-state index is 12.7. The second-order valence-corrected chi connectivity index (χ2v) is 9.98. The van der Waals surface area contributed by atoms with E-state index in [1.165, 1.54) is 49.6 Å². The molecule has 0 aliphatic heterocycles. The van der Waals surface area contributed by atoms with Crippen LogP contribution in [0, 0.1) is 0 Å². The lowest BCUT2D eigenvalue weighted by Crippen LogP contribution is -2.28. The first-order chi connectivity index (χ1) is 18.5. The number of carboxylic acid groups (broad SMARTS) is 1. The van der Waals surface area contributed by atoms with Crippen LogP contribution in [0.1, 0.15) is 31.8 Å². The zero-order chi connectivity index (χ0) is 28.6. The maximum Gasteiger partial charge on any atom is 0.352 e. The smallest absolute Gasteiger partial charge is 0.352 e. The molecule has 0 aliphatic carbocycles. The van der Waals surface area contributed by atoms with Gasteiger partial charge in [-0.1, -0.05) is 35.9 Å². The van der Waals surface area contributed by atoms with Gasteiger partial charge in [-0.05, 0) is 59.7 Å². The lowest BCUT2D eigenvalue weighted by atomic mass is 10.1. The second kappa shape index (κ2) is 13.0. The number of nitrogens with two attached hydrogens (primary N) is 1. The average Bonchev–Trinajstić information content (AvgIpc) is 2.90. The van der Waals surface area contributed by atoms with Crippen LogP contribution in [0.2, 0.25) is 5.02 Å². The number of ether oxygens (including phenoxy) is 2. The molecule has 0 atom stereocenters. The van der Waals surface area contributed by atoms with Crippen LogP contribution in [0.15, 0.2) is 77.3 Å². The third kappa shape index (κ3) is 8.38. The van der Waals surface area contributed by atoms with Crippen LogP contribution >= 0.6 is 11.6 Å². The minimum atomic E-state index is -3.92. The van der Waals surface area contributed by atoms with Gasteiger partial charge in [-0.15, -0.1) is 0 Å². The summed E-state index contributed by atoms with van der Waals surface area (Å²) in [4.78, 5) is 36.9. The van der Waals surface area contributed by atoms with Gasteiger partial charge in [0.05, 0.1) is 15.5 Å². The summed E-state index contributed by atoms with van der Waals surface area (Å²) in [7, 11) is -2.41. The van der Waals surface area contributed by atoms with Crippen molar-refractivity contribution in [1.82, 2.24) is 10.6 Å². The molecular weight excluding hydrogens is 550 g/mol. The molecule has 0 bridgehead atoms. The molecule has 0 saturated carbocycles. The summed E-state index contributed by atoms with van der Waals surface area (Å²) in [6.45, 7) is 0.292. The van der Waals surface area contributed by atoms with Crippen molar-refractivity contribution in [2.75, 3.05) is 13.9 Å². The van der Waals surface area contributed by atoms with Crippen LogP contribution in [-0.4, -0.2) is 45.2 Å². The van der Waals surface area contributed by atoms with E-state index in [9.17, 15) is 27.9 Å². The monoisotopic (exact) mass is 573 g/mol. The third-order valence-corrected chi connectivity index (χ3v) is 6.41. The fourth-order valence-electron chi connectivity index (χ4n) is 3.26. The number of halogens is 1. The highest BCUT2D eigenvalue weighted by atomic mass is 35.5. The molecule has 3 rings (SSSR count). The first kappa shape index (κ1) is 29.3. The van der Waals surface area contributed by atoms with Crippen molar-refractivity contribution in [1.29, 1.82) is 0 Å². The van der Waals surface area contributed by atoms with Gasteiger partial charge in [-0.25, -0.2) is 18.4 Å². The van der Waals surface area contributed by atoms with Gasteiger partial charge in [0.15, 0.2) is 6.79 Å². The Morgan fingerprint density at radius 1 is 1.03 bits per heavy atom. The van der Waals surface area contributed by atoms with Crippen molar-refractivity contribution in [3.63, 3.8) is 0 Å². The van der Waals surface area contributed by atoms with Crippen LogP contribution in [0.4, 0.5) is 0 Å². The molecule has 0 fully saturated rings. The minimum Gasteiger partial charge on any atom is -0.477 e. The molecule has 0 aliphatic rings. The van der Waals surface area contributed by atoms with Crippen molar-refractivity contribution < 1.29 is 37.4 Å². The van der Waals surface area contributed by atoms with E-state index in [1.807, 2.05) is 6.07 Å². The predicted octanol–water partition coefficient (Wildman–Crippen LogP) is 2.76. The summed E-state index contributed by atoms with van der Waals surface area (Å²) >= 11 is 6.23. The molecule has 39 heavy (non-hydrogen) atoms. The Morgan fingerprint density at radius 2 is 1.74 bits per heavy atom. The van der Waals surface area contributed by atoms with E-state index in [1.54, 1.807) is 18.2 Å². The van der Waals surface area contributed by atoms with Gasteiger partial charge < -0.3 is 25.2 Å². The highest BCUT2D eigenvalue weighted by Crippen LogP contribution is 2.20. The highest BCUT2D eigenvalue weighted by Gasteiger charge is 2.18. The zero-order valence-corrected chi connectivity index (χ0v) is 22.1. The second-order valence-electron chi connectivity index (χ2n) is 8.01. The number of carboxylic acids is 1. The zero-order valence-electron chi connectivity index (χ0n) is 20.5. The van der Waals surface area contributed by atoms with Gasteiger partial charge in [0.25, 0.3) is 11.8 Å². The molecule has 0 radical (unpaired) electrons. The summed E-state index contributed by atoms with van der Waals surface area (Å²) < 4.78 is 33.0. The first-order valence-electron chi connectivity index (χ1n) is 11.2. The van der Waals surface area contributed by atoms with Gasteiger partial charge >= 0.3 is 5.97 Å². The molecular formula is C26H24ClN3O8S. The quantitative estimate of drug-likeness (QED) is 0.200. The van der Waals surface area contributed by atoms with E-state index < -0.39 is 33.5 Å². The molecule has 3 aromatic rings. The van der Waals surface area contributed by atoms with E-state index in [-0.39, 0.29) is 34.4 Å². The molecule has 204 valence electrons. The van der Waals surface area contributed by atoms with Crippen molar-refractivity contribution >= 4 is 45.5 Å². The number of aliphatic carboxylic acids is 1. The molecule has 11 nitrogen and oxygen atoms in total. The largest absolute Gasteiger partial charge is 0.477 e. The van der Waals surface area contributed by atoms with Crippen molar-refractivity contribution in [2.24, 2.45) is 5.14 Å². The third-order valence-electron chi connectivity index (χ3n) is 5.17. The number of primary sulfonamides is 1. The topological polar surface area (TPSA) is 174 Å². The fraction of sp³-hybridized carbons (Fsp3) is 0.115. The van der Waals surface area contributed by atoms with Gasteiger partial charge in [-0.3, -0.25) is 9.59 Å². The molecule has 0 aromatic heterocycles. The summed E-state index contributed by atoms with van der Waals surface area (Å²) in [5, 5.41) is 19.5. The Labute approximate surface area is 229 Å². The number of amides is 2. The number of methoxy groups -OCH3 is 1. The molecule has 0 spiro atoms. The summed E-state index contributed by atoms with van der Waals surface area (Å²) in [6, 6.07) is 16.1. The van der Waals surface area contributed by atoms with Crippen LogP contribution in [-0.2, 0) is 26.1 Å². The van der Waals surface area contributed by atoms with Crippen molar-refractivity contribution in [2.45, 2.75) is 11.4 Å². The number of nitrogens with one attached hydrogen (secondary N) is 2. The van der Waals surface area contributed by atoms with Crippen molar-refractivity contribution in [3.05, 3.63) is 99.7 Å². The molecule has 3 aromatic carbocycles. The van der Waals surface area contributed by atoms with Crippen molar-refractivity contribution in [3.8, 4) is 5.75 Å². The van der Waals surface area contributed by atoms with Crippen LogP contribution in [0.3, 0.4) is 0 Å². The number of carbonyl (C=O) groups is 3. The summed E-state index contributed by atoms with van der Waals surface area (Å²) in [6.07, 6.45) is 1.14. The van der Waals surface area contributed by atoms with Crippen LogP contribution in [0.5, 0.6) is 5.75 Å². The Bertz CT molecular complexity index is 1520. The maximum atomic E-state index is 12.7. The van der Waals surface area contributed by atoms with E-state index in [0.29, 0.717) is 11.3 Å². The van der Waals surface area contributed by atoms with E-state index in [2.05, 4.69) is 10.6 Å². The molecule has 13 heteroatoms. The number of carbonyl (C=O) groups excluding carboxylic acids is 2. The molecule has 0 heterocycles. The predicted molar refractivity (Wildman–Crippen MR) is 142 cm³/mol. The summed E-state index contributed by atoms with van der Waals surface area (Å²) in [5.41, 5.74) is 0.721. The van der Waals surface area contributed by atoms with Crippen LogP contribution < -0.4 is 20.5 Å². The normalized spacial score (nSPS) is 11.5. The number of hydrogen-bond donors (Lipinski definition) is 4. The van der Waals surface area contributed by atoms with E-state index in [0.717, 1.165) is 11.6 Å². The molecule has 5 N–H and O–H groups in total. The first-order valence-corrected chi connectivity index (χ1v) is 13.1. The minimum absolute atomic E-state index is 0.0621. The number of rotatable bonds is 11. The Kier molecular flexibility index (Phi) is 9.79. The highest BCUT2D eigenvalue weighted by molar-refractivity contribution is 7.89. The van der Waals surface area contributed by atoms with Crippen LogP contribution in [0.25, 0.3) is 6.08 Å². The Balaban J connectivity index is 1.68. The number of hydrogen-bond acceptors (Lipinski definition) is 7. The lowest BCUT2D eigenvalue weighted by molar-refractivity contribution is -0.132. The molecule has 0 saturated heterocycles. The van der Waals surface area contributed by atoms with Gasteiger partial charge in [-0.2, -0.15) is 0 Å².